The number of aliphatic carboxylic acids is 1. The smallest absolute Gasteiger partial charge is 0.320 e. The van der Waals surface area contributed by atoms with Crippen molar-refractivity contribution in [2.75, 3.05) is 7.11 Å². The highest BCUT2D eigenvalue weighted by molar-refractivity contribution is 5.70. The SMILES string of the molecule is CO[N+](=O)c1cc(CC(=O)O)ccc1C(C)(C)C. The highest BCUT2D eigenvalue weighted by atomic mass is 16.8. The van der Waals surface area contributed by atoms with Gasteiger partial charge in [-0.2, -0.15) is 0 Å². The molecule has 0 aromatic heterocycles. The molecule has 18 heavy (non-hydrogen) atoms. The lowest BCUT2D eigenvalue weighted by atomic mass is 9.85. The Balaban J connectivity index is 3.29. The van der Waals surface area contributed by atoms with E-state index in [0.717, 1.165) is 5.56 Å². The predicted molar refractivity (Wildman–Crippen MR) is 66.8 cm³/mol. The van der Waals surface area contributed by atoms with E-state index < -0.39 is 5.97 Å². The molecule has 0 saturated carbocycles. The molecule has 1 aromatic rings. The zero-order valence-electron chi connectivity index (χ0n) is 11.1. The molecule has 1 rings (SSSR count). The molecule has 0 atom stereocenters. The third kappa shape index (κ3) is 3.29. The molecule has 0 aliphatic heterocycles. The van der Waals surface area contributed by atoms with Crippen LogP contribution in [0.15, 0.2) is 18.2 Å². The molecule has 0 bridgehead atoms. The maximum atomic E-state index is 11.7. The van der Waals surface area contributed by atoms with Crippen LogP contribution in [-0.4, -0.2) is 23.1 Å². The van der Waals surface area contributed by atoms with Gasteiger partial charge < -0.3 is 5.11 Å². The quantitative estimate of drug-likeness (QED) is 0.836. The monoisotopic (exact) mass is 252 g/mol. The molecule has 0 saturated heterocycles. The summed E-state index contributed by atoms with van der Waals surface area (Å²) in [6.07, 6.45) is -0.116. The van der Waals surface area contributed by atoms with Gasteiger partial charge in [0.05, 0.1) is 11.3 Å². The van der Waals surface area contributed by atoms with Crippen LogP contribution in [0.2, 0.25) is 0 Å². The van der Waals surface area contributed by atoms with Crippen LogP contribution in [0, 0.1) is 4.91 Å². The number of carboxylic acids is 1. The van der Waals surface area contributed by atoms with E-state index in [4.69, 9.17) is 5.11 Å². The number of nitrogens with zero attached hydrogens (tertiary/aromatic N) is 1. The van der Waals surface area contributed by atoms with E-state index in [-0.39, 0.29) is 11.8 Å². The van der Waals surface area contributed by atoms with Crippen LogP contribution < -0.4 is 0 Å². The lowest BCUT2D eigenvalue weighted by molar-refractivity contribution is -0.737. The molecular formula is C13H18NO4+. The van der Waals surface area contributed by atoms with Crippen molar-refractivity contribution in [1.29, 1.82) is 0 Å². The Hall–Kier alpha value is -1.91. The van der Waals surface area contributed by atoms with Gasteiger partial charge in [-0.3, -0.25) is 4.79 Å². The van der Waals surface area contributed by atoms with Gasteiger partial charge in [-0.05, 0) is 11.0 Å². The van der Waals surface area contributed by atoms with E-state index in [1.54, 1.807) is 18.2 Å². The summed E-state index contributed by atoms with van der Waals surface area (Å²) in [4.78, 5) is 27.4. The van der Waals surface area contributed by atoms with Crippen LogP contribution in [0.5, 0.6) is 0 Å². The number of benzene rings is 1. The third-order valence-corrected chi connectivity index (χ3v) is 2.59. The Morgan fingerprint density at radius 2 is 2.00 bits per heavy atom. The van der Waals surface area contributed by atoms with Gasteiger partial charge in [0.2, 0.25) is 0 Å². The van der Waals surface area contributed by atoms with Gasteiger partial charge in [0, 0.05) is 11.6 Å². The summed E-state index contributed by atoms with van der Waals surface area (Å²) in [6, 6.07) is 5.06. The van der Waals surface area contributed by atoms with E-state index in [1.165, 1.54) is 7.11 Å². The van der Waals surface area contributed by atoms with Gasteiger partial charge in [0.1, 0.15) is 0 Å². The number of hydrogen-bond acceptors (Lipinski definition) is 3. The summed E-state index contributed by atoms with van der Waals surface area (Å²) in [5.41, 5.74) is 1.51. The van der Waals surface area contributed by atoms with Crippen LogP contribution in [0.1, 0.15) is 31.9 Å². The lowest BCUT2D eigenvalue weighted by Gasteiger charge is -2.18. The lowest BCUT2D eigenvalue weighted by Crippen LogP contribution is -2.15. The first-order chi connectivity index (χ1) is 8.25. The molecule has 0 unspecified atom stereocenters. The molecule has 5 nitrogen and oxygen atoms in total. The summed E-state index contributed by atoms with van der Waals surface area (Å²) in [7, 11) is 1.28. The van der Waals surface area contributed by atoms with Crippen molar-refractivity contribution in [2.45, 2.75) is 32.6 Å². The number of carboxylic acid groups (broad SMARTS) is 1. The first kappa shape index (κ1) is 14.2. The Bertz CT molecular complexity index is 474. The van der Waals surface area contributed by atoms with Gasteiger partial charge in [-0.25, -0.2) is 4.84 Å². The second-order valence-electron chi connectivity index (χ2n) is 5.11. The number of hydrogen-bond donors (Lipinski definition) is 1. The molecule has 0 heterocycles. The highest BCUT2D eigenvalue weighted by Gasteiger charge is 2.29. The zero-order chi connectivity index (χ0) is 13.9. The Kier molecular flexibility index (Phi) is 4.06. The van der Waals surface area contributed by atoms with E-state index in [9.17, 15) is 9.70 Å². The molecule has 0 fully saturated rings. The second-order valence-corrected chi connectivity index (χ2v) is 5.11. The molecule has 98 valence electrons. The first-order valence-electron chi connectivity index (χ1n) is 5.62. The maximum absolute atomic E-state index is 11.7. The van der Waals surface area contributed by atoms with Crippen LogP contribution in [0.3, 0.4) is 0 Å². The van der Waals surface area contributed by atoms with E-state index in [0.29, 0.717) is 16.2 Å². The second kappa shape index (κ2) is 5.16. The van der Waals surface area contributed by atoms with Gasteiger partial charge in [-0.1, -0.05) is 32.9 Å². The summed E-state index contributed by atoms with van der Waals surface area (Å²) >= 11 is 0. The Morgan fingerprint density at radius 3 is 2.44 bits per heavy atom. The fraction of sp³-hybridized carbons (Fsp3) is 0.462. The molecule has 0 amide bonds. The summed E-state index contributed by atoms with van der Waals surface area (Å²) in [5.74, 6) is -0.931. The zero-order valence-corrected chi connectivity index (χ0v) is 11.1. The minimum Gasteiger partial charge on any atom is -0.481 e. The van der Waals surface area contributed by atoms with Crippen molar-refractivity contribution in [3.05, 3.63) is 34.2 Å². The molecule has 1 aromatic carbocycles. The molecule has 0 spiro atoms. The average Bonchev–Trinajstić information content (AvgIpc) is 2.25. The van der Waals surface area contributed by atoms with Crippen LogP contribution in [0.25, 0.3) is 0 Å². The van der Waals surface area contributed by atoms with Crippen molar-refractivity contribution in [3.63, 3.8) is 0 Å². The maximum Gasteiger partial charge on any atom is 0.320 e. The summed E-state index contributed by atoms with van der Waals surface area (Å²) in [6.45, 7) is 5.94. The largest absolute Gasteiger partial charge is 0.481 e. The minimum absolute atomic E-state index is 0.116. The van der Waals surface area contributed by atoms with Crippen LogP contribution in [-0.2, 0) is 21.5 Å². The van der Waals surface area contributed by atoms with Crippen LogP contribution in [0.4, 0.5) is 5.69 Å². The first-order valence-corrected chi connectivity index (χ1v) is 5.62. The molecule has 1 N–H and O–H groups in total. The summed E-state index contributed by atoms with van der Waals surface area (Å²) < 4.78 is 0. The van der Waals surface area contributed by atoms with Crippen molar-refractivity contribution in [2.24, 2.45) is 0 Å². The predicted octanol–water partition coefficient (Wildman–Crippen LogP) is 2.58. The van der Waals surface area contributed by atoms with Gasteiger partial charge >= 0.3 is 11.7 Å². The van der Waals surface area contributed by atoms with E-state index >= 15 is 0 Å². The average molecular weight is 252 g/mol. The topological polar surface area (TPSA) is 66.6 Å². The molecule has 0 radical (unpaired) electrons. The van der Waals surface area contributed by atoms with Crippen molar-refractivity contribution in [3.8, 4) is 0 Å². The van der Waals surface area contributed by atoms with Crippen molar-refractivity contribution < 1.29 is 19.7 Å². The fourth-order valence-corrected chi connectivity index (χ4v) is 1.75. The highest BCUT2D eigenvalue weighted by Crippen LogP contribution is 2.32. The van der Waals surface area contributed by atoms with Crippen molar-refractivity contribution in [1.82, 2.24) is 0 Å². The van der Waals surface area contributed by atoms with Gasteiger partial charge in [0.25, 0.3) is 4.92 Å². The molecular weight excluding hydrogens is 234 g/mol. The molecule has 5 heteroatoms. The Labute approximate surface area is 106 Å². The van der Waals surface area contributed by atoms with Gasteiger partial charge in [0.15, 0.2) is 7.11 Å². The minimum atomic E-state index is -0.931. The van der Waals surface area contributed by atoms with Gasteiger partial charge in [-0.15, -0.1) is 0 Å². The summed E-state index contributed by atoms with van der Waals surface area (Å²) in [5, 5.41) is 8.76. The number of carbonyl (C=O) groups is 1. The van der Waals surface area contributed by atoms with E-state index in [1.807, 2.05) is 20.8 Å². The third-order valence-electron chi connectivity index (χ3n) is 2.59. The molecule has 0 aliphatic carbocycles. The van der Waals surface area contributed by atoms with Crippen LogP contribution >= 0.6 is 0 Å². The Morgan fingerprint density at radius 1 is 1.39 bits per heavy atom. The standard InChI is InChI=1S/C13H17NO4/c1-13(2,3)10-6-5-9(8-12(15)16)7-11(10)14(17)18-4/h5-7H,8H2,1-4H3/p+1. The normalized spacial score (nSPS) is 11.1. The van der Waals surface area contributed by atoms with Crippen molar-refractivity contribution >= 4 is 11.7 Å². The van der Waals surface area contributed by atoms with E-state index in [2.05, 4.69) is 4.84 Å². The molecule has 0 aliphatic rings. The number of rotatable bonds is 4. The fourth-order valence-electron chi connectivity index (χ4n) is 1.75.